The molecule has 0 bridgehead atoms. The van der Waals surface area contributed by atoms with Gasteiger partial charge in [0, 0.05) is 26.2 Å². The molecule has 1 saturated heterocycles. The number of piperazine rings is 1. The lowest BCUT2D eigenvalue weighted by atomic mass is 10.3. The van der Waals surface area contributed by atoms with Gasteiger partial charge in [0.25, 0.3) is 5.91 Å². The molecule has 2 rings (SSSR count). The van der Waals surface area contributed by atoms with Crippen LogP contribution in [0.15, 0.2) is 12.4 Å². The molecule has 17 heavy (non-hydrogen) atoms. The van der Waals surface area contributed by atoms with Crippen molar-refractivity contribution in [1.29, 1.82) is 0 Å². The van der Waals surface area contributed by atoms with Crippen LogP contribution in [0.1, 0.15) is 17.4 Å². The van der Waals surface area contributed by atoms with Crippen LogP contribution >= 0.6 is 11.6 Å². The highest BCUT2D eigenvalue weighted by Gasteiger charge is 2.22. The van der Waals surface area contributed by atoms with Gasteiger partial charge in [-0.2, -0.15) is 0 Å². The van der Waals surface area contributed by atoms with Gasteiger partial charge < -0.3 is 9.80 Å². The molecule has 0 radical (unpaired) electrons. The molecule has 1 aromatic heterocycles. The van der Waals surface area contributed by atoms with E-state index in [1.165, 1.54) is 12.4 Å². The van der Waals surface area contributed by atoms with E-state index >= 15 is 0 Å². The Morgan fingerprint density at radius 1 is 1.29 bits per heavy atom. The fourth-order valence-corrected chi connectivity index (χ4v) is 1.95. The molecule has 0 spiro atoms. The molecule has 5 nitrogen and oxygen atoms in total. The minimum atomic E-state index is -0.0649. The zero-order valence-electron chi connectivity index (χ0n) is 9.77. The van der Waals surface area contributed by atoms with E-state index in [0.29, 0.717) is 10.8 Å². The molecule has 1 aliphatic heterocycles. The predicted octanol–water partition coefficient (Wildman–Crippen LogP) is 0.908. The number of aromatic nitrogens is 2. The quantitative estimate of drug-likeness (QED) is 0.787. The van der Waals surface area contributed by atoms with Gasteiger partial charge in [0.05, 0.1) is 12.4 Å². The SMILES string of the molecule is CCN1CCN(C(=O)c2cnc(Cl)cn2)CC1. The smallest absolute Gasteiger partial charge is 0.274 e. The molecule has 1 amide bonds. The van der Waals surface area contributed by atoms with E-state index in [1.807, 2.05) is 4.90 Å². The van der Waals surface area contributed by atoms with Crippen molar-refractivity contribution in [2.75, 3.05) is 32.7 Å². The molecule has 6 heteroatoms. The number of hydrogen-bond acceptors (Lipinski definition) is 4. The zero-order chi connectivity index (χ0) is 12.3. The Bertz CT molecular complexity index is 387. The van der Waals surface area contributed by atoms with E-state index in [1.54, 1.807) is 0 Å². The molecule has 1 aliphatic rings. The van der Waals surface area contributed by atoms with Crippen LogP contribution < -0.4 is 0 Å². The van der Waals surface area contributed by atoms with E-state index in [4.69, 9.17) is 11.6 Å². The van der Waals surface area contributed by atoms with Gasteiger partial charge in [-0.25, -0.2) is 9.97 Å². The van der Waals surface area contributed by atoms with Crippen molar-refractivity contribution in [2.24, 2.45) is 0 Å². The van der Waals surface area contributed by atoms with Gasteiger partial charge in [0.15, 0.2) is 0 Å². The molecule has 0 N–H and O–H groups in total. The molecular formula is C11H15ClN4O. The molecular weight excluding hydrogens is 240 g/mol. The monoisotopic (exact) mass is 254 g/mol. The predicted molar refractivity (Wildman–Crippen MR) is 65.1 cm³/mol. The number of carbonyl (C=O) groups excluding carboxylic acids is 1. The highest BCUT2D eigenvalue weighted by atomic mass is 35.5. The van der Waals surface area contributed by atoms with Gasteiger partial charge in [0.1, 0.15) is 10.8 Å². The normalized spacial score (nSPS) is 17.2. The zero-order valence-corrected chi connectivity index (χ0v) is 10.5. The molecule has 92 valence electrons. The summed E-state index contributed by atoms with van der Waals surface area (Å²) in [5.41, 5.74) is 0.361. The van der Waals surface area contributed by atoms with Crippen LogP contribution in [0.5, 0.6) is 0 Å². The number of carbonyl (C=O) groups is 1. The molecule has 0 aliphatic carbocycles. The first-order chi connectivity index (χ1) is 8.20. The molecule has 2 heterocycles. The van der Waals surface area contributed by atoms with Crippen LogP contribution in [0.25, 0.3) is 0 Å². The van der Waals surface area contributed by atoms with Crippen LogP contribution in [-0.4, -0.2) is 58.4 Å². The molecule has 1 aromatic rings. The molecule has 0 unspecified atom stereocenters. The van der Waals surface area contributed by atoms with Crippen LogP contribution in [0.4, 0.5) is 0 Å². The second-order valence-electron chi connectivity index (χ2n) is 3.95. The number of halogens is 1. The number of rotatable bonds is 2. The van der Waals surface area contributed by atoms with Gasteiger partial charge in [-0.15, -0.1) is 0 Å². The number of nitrogens with zero attached hydrogens (tertiary/aromatic N) is 4. The maximum atomic E-state index is 12.1. The van der Waals surface area contributed by atoms with Crippen LogP contribution in [0, 0.1) is 0 Å². The minimum Gasteiger partial charge on any atom is -0.335 e. The number of hydrogen-bond donors (Lipinski definition) is 0. The van der Waals surface area contributed by atoms with Gasteiger partial charge in [-0.3, -0.25) is 4.79 Å². The van der Waals surface area contributed by atoms with E-state index in [0.717, 1.165) is 32.7 Å². The number of amides is 1. The van der Waals surface area contributed by atoms with Gasteiger partial charge in [-0.1, -0.05) is 18.5 Å². The van der Waals surface area contributed by atoms with E-state index < -0.39 is 0 Å². The molecule has 0 saturated carbocycles. The second kappa shape index (κ2) is 5.42. The fraction of sp³-hybridized carbons (Fsp3) is 0.545. The lowest BCUT2D eigenvalue weighted by Gasteiger charge is -2.33. The van der Waals surface area contributed by atoms with Crippen LogP contribution in [0.2, 0.25) is 5.15 Å². The van der Waals surface area contributed by atoms with Gasteiger partial charge in [-0.05, 0) is 6.54 Å². The minimum absolute atomic E-state index is 0.0649. The summed E-state index contributed by atoms with van der Waals surface area (Å²) >= 11 is 5.63. The number of likely N-dealkylation sites (N-methyl/N-ethyl adjacent to an activating group) is 1. The first kappa shape index (κ1) is 12.3. The Morgan fingerprint density at radius 3 is 2.53 bits per heavy atom. The van der Waals surface area contributed by atoms with E-state index in [9.17, 15) is 4.79 Å². The van der Waals surface area contributed by atoms with Crippen molar-refractivity contribution in [1.82, 2.24) is 19.8 Å². The first-order valence-corrected chi connectivity index (χ1v) is 6.07. The largest absolute Gasteiger partial charge is 0.335 e. The Labute approximate surface area is 105 Å². The van der Waals surface area contributed by atoms with E-state index in [2.05, 4.69) is 21.8 Å². The molecule has 1 fully saturated rings. The summed E-state index contributed by atoms with van der Waals surface area (Å²) in [4.78, 5) is 24.1. The molecule has 0 atom stereocenters. The Hall–Kier alpha value is -1.20. The highest BCUT2D eigenvalue weighted by molar-refractivity contribution is 6.29. The van der Waals surface area contributed by atoms with Crippen molar-refractivity contribution in [3.63, 3.8) is 0 Å². The van der Waals surface area contributed by atoms with Crippen molar-refractivity contribution < 1.29 is 4.79 Å². The maximum Gasteiger partial charge on any atom is 0.274 e. The average molecular weight is 255 g/mol. The summed E-state index contributed by atoms with van der Waals surface area (Å²) in [6, 6.07) is 0. The van der Waals surface area contributed by atoms with Crippen molar-refractivity contribution in [2.45, 2.75) is 6.92 Å². The summed E-state index contributed by atoms with van der Waals surface area (Å²) in [5, 5.41) is 0.303. The second-order valence-corrected chi connectivity index (χ2v) is 4.34. The summed E-state index contributed by atoms with van der Waals surface area (Å²) in [5.74, 6) is -0.0649. The highest BCUT2D eigenvalue weighted by Crippen LogP contribution is 2.07. The summed E-state index contributed by atoms with van der Waals surface area (Å²) < 4.78 is 0. The lowest BCUT2D eigenvalue weighted by molar-refractivity contribution is 0.0637. The summed E-state index contributed by atoms with van der Waals surface area (Å²) in [7, 11) is 0. The maximum absolute atomic E-state index is 12.1. The average Bonchev–Trinajstić information content (AvgIpc) is 2.39. The van der Waals surface area contributed by atoms with Crippen molar-refractivity contribution in [3.05, 3.63) is 23.2 Å². The topological polar surface area (TPSA) is 49.3 Å². The van der Waals surface area contributed by atoms with E-state index in [-0.39, 0.29) is 5.91 Å². The lowest BCUT2D eigenvalue weighted by Crippen LogP contribution is -2.48. The van der Waals surface area contributed by atoms with Crippen molar-refractivity contribution in [3.8, 4) is 0 Å². The van der Waals surface area contributed by atoms with Gasteiger partial charge in [0.2, 0.25) is 0 Å². The Balaban J connectivity index is 1.99. The third-order valence-electron chi connectivity index (χ3n) is 2.95. The molecule has 0 aromatic carbocycles. The summed E-state index contributed by atoms with van der Waals surface area (Å²) in [6.07, 6.45) is 2.83. The Kier molecular flexibility index (Phi) is 3.91. The van der Waals surface area contributed by atoms with Crippen LogP contribution in [-0.2, 0) is 0 Å². The first-order valence-electron chi connectivity index (χ1n) is 5.70. The third-order valence-corrected chi connectivity index (χ3v) is 3.14. The Morgan fingerprint density at radius 2 is 2.00 bits per heavy atom. The van der Waals surface area contributed by atoms with Gasteiger partial charge >= 0.3 is 0 Å². The fourth-order valence-electron chi connectivity index (χ4n) is 1.85. The van der Waals surface area contributed by atoms with Crippen LogP contribution in [0.3, 0.4) is 0 Å². The standard InChI is InChI=1S/C11H15ClN4O/c1-2-15-3-5-16(6-4-15)11(17)9-7-14-10(12)8-13-9/h7-8H,2-6H2,1H3. The van der Waals surface area contributed by atoms with Crippen molar-refractivity contribution >= 4 is 17.5 Å². The third kappa shape index (κ3) is 2.92. The summed E-state index contributed by atoms with van der Waals surface area (Å²) in [6.45, 7) is 6.49.